The van der Waals surface area contributed by atoms with E-state index in [0.717, 1.165) is 23.4 Å². The molecule has 1 aliphatic heterocycles. The third-order valence-corrected chi connectivity index (χ3v) is 5.45. The molecule has 0 aromatic heterocycles. The van der Waals surface area contributed by atoms with Gasteiger partial charge in [0.05, 0.1) is 25.2 Å². The minimum atomic E-state index is -2.90. The molecule has 1 unspecified atom stereocenters. The number of guanidine groups is 1. The number of nitrogens with zero attached hydrogens (tertiary/aromatic N) is 1. The second-order valence-electron chi connectivity index (χ2n) is 5.80. The first kappa shape index (κ1) is 21.0. The molecular weight excluding hydrogens is 441 g/mol. The largest absolute Gasteiger partial charge is 0.497 e. The van der Waals surface area contributed by atoms with Crippen molar-refractivity contribution in [3.63, 3.8) is 0 Å². The van der Waals surface area contributed by atoms with Gasteiger partial charge < -0.3 is 15.4 Å². The first-order chi connectivity index (χ1) is 10.9. The van der Waals surface area contributed by atoms with Gasteiger partial charge in [-0.2, -0.15) is 0 Å². The summed E-state index contributed by atoms with van der Waals surface area (Å²) in [5.41, 5.74) is 2.17. The van der Waals surface area contributed by atoms with Gasteiger partial charge >= 0.3 is 0 Å². The van der Waals surface area contributed by atoms with Crippen molar-refractivity contribution in [2.45, 2.75) is 32.9 Å². The summed E-state index contributed by atoms with van der Waals surface area (Å²) in [7, 11) is -1.25. The van der Waals surface area contributed by atoms with Crippen LogP contribution in [-0.4, -0.2) is 45.6 Å². The van der Waals surface area contributed by atoms with Crippen molar-refractivity contribution in [3.05, 3.63) is 29.3 Å². The Hall–Kier alpha value is -1.03. The molecule has 136 valence electrons. The molecule has 2 rings (SSSR count). The van der Waals surface area contributed by atoms with Crippen molar-refractivity contribution in [2.75, 3.05) is 25.2 Å². The number of methoxy groups -OCH3 is 1. The Morgan fingerprint density at radius 1 is 1.38 bits per heavy atom. The smallest absolute Gasteiger partial charge is 0.191 e. The van der Waals surface area contributed by atoms with Gasteiger partial charge in [0.25, 0.3) is 0 Å². The number of rotatable bonds is 5. The van der Waals surface area contributed by atoms with Gasteiger partial charge in [-0.05, 0) is 43.5 Å². The second kappa shape index (κ2) is 9.45. The summed E-state index contributed by atoms with van der Waals surface area (Å²) in [6, 6.07) is 5.93. The minimum absolute atomic E-state index is 0. The molecule has 0 aliphatic carbocycles. The fourth-order valence-electron chi connectivity index (χ4n) is 2.63. The van der Waals surface area contributed by atoms with E-state index in [4.69, 9.17) is 4.74 Å². The van der Waals surface area contributed by atoms with Gasteiger partial charge in [0, 0.05) is 12.6 Å². The molecule has 1 atom stereocenters. The average Bonchev–Trinajstić information content (AvgIpc) is 2.83. The molecule has 1 aromatic rings. The van der Waals surface area contributed by atoms with Gasteiger partial charge in [-0.3, -0.25) is 0 Å². The topological polar surface area (TPSA) is 79.8 Å². The van der Waals surface area contributed by atoms with E-state index in [0.29, 0.717) is 18.9 Å². The molecule has 0 spiro atoms. The van der Waals surface area contributed by atoms with Crippen molar-refractivity contribution in [3.8, 4) is 5.75 Å². The molecule has 8 heteroatoms. The Bertz CT molecular complexity index is 677. The van der Waals surface area contributed by atoms with Crippen molar-refractivity contribution >= 4 is 39.8 Å². The molecule has 0 amide bonds. The third kappa shape index (κ3) is 6.46. The number of hydrogen-bond acceptors (Lipinski definition) is 4. The van der Waals surface area contributed by atoms with Gasteiger partial charge in [0.2, 0.25) is 0 Å². The molecule has 1 saturated heterocycles. The number of nitrogens with one attached hydrogen (secondary N) is 2. The molecule has 0 radical (unpaired) electrons. The van der Waals surface area contributed by atoms with Crippen LogP contribution in [0.2, 0.25) is 0 Å². The maximum atomic E-state index is 11.6. The van der Waals surface area contributed by atoms with Gasteiger partial charge in [-0.1, -0.05) is 6.07 Å². The Morgan fingerprint density at radius 3 is 2.71 bits per heavy atom. The number of aliphatic imine (C=N–C) groups is 1. The number of hydrogen-bond donors (Lipinski definition) is 2. The van der Waals surface area contributed by atoms with Crippen LogP contribution in [0, 0.1) is 6.92 Å². The lowest BCUT2D eigenvalue weighted by Crippen LogP contribution is -2.44. The Kier molecular flexibility index (Phi) is 8.28. The van der Waals surface area contributed by atoms with E-state index in [9.17, 15) is 8.42 Å². The van der Waals surface area contributed by atoms with Crippen LogP contribution in [0.5, 0.6) is 5.75 Å². The number of aryl methyl sites for hydroxylation is 1. The zero-order valence-corrected chi connectivity index (χ0v) is 17.5. The molecule has 1 aromatic carbocycles. The van der Waals surface area contributed by atoms with E-state index >= 15 is 0 Å². The minimum Gasteiger partial charge on any atom is -0.497 e. The summed E-state index contributed by atoms with van der Waals surface area (Å²) in [6.07, 6.45) is 0.630. The predicted octanol–water partition coefficient (Wildman–Crippen LogP) is 1.86. The normalized spacial score (nSPS) is 19.5. The summed E-state index contributed by atoms with van der Waals surface area (Å²) in [5.74, 6) is 1.89. The Labute approximate surface area is 161 Å². The van der Waals surface area contributed by atoms with Crippen LogP contribution >= 0.6 is 24.0 Å². The van der Waals surface area contributed by atoms with Crippen LogP contribution < -0.4 is 15.4 Å². The predicted molar refractivity (Wildman–Crippen MR) is 108 cm³/mol. The van der Waals surface area contributed by atoms with Crippen LogP contribution in [0.25, 0.3) is 0 Å². The standard InChI is InChI=1S/C16H25N3O3S.HI/c1-4-17-16(19-14-5-6-23(20,21)11-14)18-10-13-7-12(2)8-15(9-13)22-3;/h7-9,14H,4-6,10-11H2,1-3H3,(H2,17,18,19);1H. The number of halogens is 1. The van der Waals surface area contributed by atoms with Crippen LogP contribution in [0.1, 0.15) is 24.5 Å². The first-order valence-electron chi connectivity index (χ1n) is 7.81. The van der Waals surface area contributed by atoms with E-state index in [1.165, 1.54) is 0 Å². The summed E-state index contributed by atoms with van der Waals surface area (Å²) in [4.78, 5) is 4.56. The van der Waals surface area contributed by atoms with Crippen molar-refractivity contribution in [1.82, 2.24) is 10.6 Å². The van der Waals surface area contributed by atoms with Crippen LogP contribution in [0.4, 0.5) is 0 Å². The first-order valence-corrected chi connectivity index (χ1v) is 9.64. The highest BCUT2D eigenvalue weighted by Crippen LogP contribution is 2.17. The molecule has 0 bridgehead atoms. The van der Waals surface area contributed by atoms with E-state index in [1.54, 1.807) is 7.11 Å². The summed E-state index contributed by atoms with van der Waals surface area (Å²) < 4.78 is 28.4. The zero-order valence-electron chi connectivity index (χ0n) is 14.3. The van der Waals surface area contributed by atoms with E-state index in [1.807, 2.05) is 26.0 Å². The molecule has 1 heterocycles. The maximum absolute atomic E-state index is 11.6. The lowest BCUT2D eigenvalue weighted by Gasteiger charge is -2.16. The molecule has 2 N–H and O–H groups in total. The van der Waals surface area contributed by atoms with E-state index in [-0.39, 0.29) is 41.5 Å². The molecule has 1 fully saturated rings. The highest BCUT2D eigenvalue weighted by atomic mass is 127. The third-order valence-electron chi connectivity index (χ3n) is 3.68. The second-order valence-corrected chi connectivity index (χ2v) is 8.03. The fraction of sp³-hybridized carbons (Fsp3) is 0.562. The Morgan fingerprint density at radius 2 is 2.12 bits per heavy atom. The van der Waals surface area contributed by atoms with Gasteiger partial charge in [0.1, 0.15) is 5.75 Å². The van der Waals surface area contributed by atoms with Crippen molar-refractivity contribution in [2.24, 2.45) is 4.99 Å². The molecular formula is C16H26IN3O3S. The molecule has 24 heavy (non-hydrogen) atoms. The van der Waals surface area contributed by atoms with Crippen LogP contribution in [0.15, 0.2) is 23.2 Å². The summed E-state index contributed by atoms with van der Waals surface area (Å²) in [6.45, 7) is 5.23. The monoisotopic (exact) mass is 467 g/mol. The van der Waals surface area contributed by atoms with Gasteiger partial charge in [-0.15, -0.1) is 24.0 Å². The average molecular weight is 467 g/mol. The quantitative estimate of drug-likeness (QED) is 0.393. The molecule has 0 saturated carbocycles. The fourth-order valence-corrected chi connectivity index (χ4v) is 4.30. The summed E-state index contributed by atoms with van der Waals surface area (Å²) >= 11 is 0. The van der Waals surface area contributed by atoms with Crippen LogP contribution in [0.3, 0.4) is 0 Å². The zero-order chi connectivity index (χ0) is 16.9. The number of benzene rings is 1. The number of sulfone groups is 1. The van der Waals surface area contributed by atoms with Crippen molar-refractivity contribution in [1.29, 1.82) is 0 Å². The van der Waals surface area contributed by atoms with Crippen LogP contribution in [-0.2, 0) is 16.4 Å². The van der Waals surface area contributed by atoms with E-state index < -0.39 is 9.84 Å². The van der Waals surface area contributed by atoms with Crippen molar-refractivity contribution < 1.29 is 13.2 Å². The SMILES string of the molecule is CCNC(=NCc1cc(C)cc(OC)c1)NC1CCS(=O)(=O)C1.I. The summed E-state index contributed by atoms with van der Waals surface area (Å²) in [5, 5.41) is 6.38. The Balaban J connectivity index is 0.00000288. The lowest BCUT2D eigenvalue weighted by atomic mass is 10.1. The van der Waals surface area contributed by atoms with E-state index in [2.05, 4.69) is 21.7 Å². The van der Waals surface area contributed by atoms with Gasteiger partial charge in [-0.25, -0.2) is 13.4 Å². The maximum Gasteiger partial charge on any atom is 0.191 e. The number of ether oxygens (including phenoxy) is 1. The highest BCUT2D eigenvalue weighted by molar-refractivity contribution is 14.0. The van der Waals surface area contributed by atoms with Gasteiger partial charge in [0.15, 0.2) is 15.8 Å². The molecule has 1 aliphatic rings. The lowest BCUT2D eigenvalue weighted by molar-refractivity contribution is 0.414. The molecule has 6 nitrogen and oxygen atoms in total. The highest BCUT2D eigenvalue weighted by Gasteiger charge is 2.28.